The van der Waals surface area contributed by atoms with Crippen molar-refractivity contribution in [3.63, 3.8) is 0 Å². The van der Waals surface area contributed by atoms with E-state index in [1.165, 1.54) is 11.1 Å². The average Bonchev–Trinajstić information content (AvgIpc) is 3.15. The molecule has 1 heterocycles. The van der Waals surface area contributed by atoms with Gasteiger partial charge in [0.1, 0.15) is 11.5 Å². The molecule has 0 unspecified atom stereocenters. The van der Waals surface area contributed by atoms with Crippen LogP contribution in [0.25, 0.3) is 0 Å². The number of benzene rings is 3. The molecule has 0 aliphatic carbocycles. The maximum atomic E-state index is 12.7. The summed E-state index contributed by atoms with van der Waals surface area (Å²) in [6, 6.07) is 21.0. The molecule has 0 aromatic heterocycles. The second-order valence-corrected chi connectivity index (χ2v) is 8.10. The number of hydrogen-bond donors (Lipinski definition) is 1. The predicted molar refractivity (Wildman–Crippen MR) is 123 cm³/mol. The van der Waals surface area contributed by atoms with Gasteiger partial charge in [0.2, 0.25) is 11.8 Å². The van der Waals surface area contributed by atoms with Crippen LogP contribution in [0.4, 0.5) is 11.4 Å². The smallest absolute Gasteiger partial charge is 0.229 e. The minimum Gasteiger partial charge on any atom is -0.457 e. The van der Waals surface area contributed by atoms with Crippen LogP contribution in [0.1, 0.15) is 23.1 Å². The van der Waals surface area contributed by atoms with Crippen molar-refractivity contribution in [2.75, 3.05) is 16.8 Å². The Morgan fingerprint density at radius 2 is 1.55 bits per heavy atom. The molecule has 3 aromatic rings. The first kappa shape index (κ1) is 20.7. The lowest BCUT2D eigenvalue weighted by Gasteiger charge is -2.18. The summed E-state index contributed by atoms with van der Waals surface area (Å²) in [7, 11) is 0. The molecule has 0 radical (unpaired) electrons. The molecule has 3 aromatic carbocycles. The van der Waals surface area contributed by atoms with Gasteiger partial charge in [0.05, 0.1) is 5.92 Å². The number of anilines is 2. The van der Waals surface area contributed by atoms with Crippen LogP contribution >= 0.6 is 0 Å². The Balaban J connectivity index is 1.37. The molecule has 1 saturated heterocycles. The van der Waals surface area contributed by atoms with Crippen LogP contribution in [0, 0.1) is 26.7 Å². The third-order valence-corrected chi connectivity index (χ3v) is 5.68. The predicted octanol–water partition coefficient (Wildman–Crippen LogP) is 5.40. The number of carbonyl (C=O) groups is 2. The Labute approximate surface area is 182 Å². The zero-order valence-electron chi connectivity index (χ0n) is 18.0. The standard InChI is InChI=1S/C26H26N2O3/c1-17-4-10-23(11-5-17)31-24-12-7-21(8-13-24)27-26(30)20-15-25(29)28(16-20)22-9-6-18(2)19(3)14-22/h4-14,20H,15-16H2,1-3H3,(H,27,30)/t20-/m0/s1. The van der Waals surface area contributed by atoms with Gasteiger partial charge in [-0.2, -0.15) is 0 Å². The lowest BCUT2D eigenvalue weighted by atomic mass is 10.1. The van der Waals surface area contributed by atoms with Crippen LogP contribution in [0.2, 0.25) is 0 Å². The summed E-state index contributed by atoms with van der Waals surface area (Å²) in [6.45, 7) is 6.48. The van der Waals surface area contributed by atoms with Crippen LogP contribution < -0.4 is 15.0 Å². The van der Waals surface area contributed by atoms with E-state index in [1.54, 1.807) is 17.0 Å². The minimum atomic E-state index is -0.377. The third-order valence-electron chi connectivity index (χ3n) is 5.68. The Morgan fingerprint density at radius 1 is 0.903 bits per heavy atom. The lowest BCUT2D eigenvalue weighted by molar-refractivity contribution is -0.122. The van der Waals surface area contributed by atoms with Crippen molar-refractivity contribution in [3.8, 4) is 11.5 Å². The van der Waals surface area contributed by atoms with Crippen LogP contribution in [-0.4, -0.2) is 18.4 Å². The second-order valence-electron chi connectivity index (χ2n) is 8.10. The number of rotatable bonds is 5. The highest BCUT2D eigenvalue weighted by atomic mass is 16.5. The van der Waals surface area contributed by atoms with Crippen LogP contribution in [-0.2, 0) is 9.59 Å². The molecule has 0 bridgehead atoms. The summed E-state index contributed by atoms with van der Waals surface area (Å²) < 4.78 is 5.82. The summed E-state index contributed by atoms with van der Waals surface area (Å²) in [5, 5.41) is 2.92. The molecule has 31 heavy (non-hydrogen) atoms. The number of ether oxygens (including phenoxy) is 1. The molecular weight excluding hydrogens is 388 g/mol. The number of nitrogens with zero attached hydrogens (tertiary/aromatic N) is 1. The highest BCUT2D eigenvalue weighted by molar-refractivity contribution is 6.03. The van der Waals surface area contributed by atoms with Crippen molar-refractivity contribution in [2.45, 2.75) is 27.2 Å². The van der Waals surface area contributed by atoms with Crippen molar-refractivity contribution in [1.29, 1.82) is 0 Å². The van der Waals surface area contributed by atoms with Crippen molar-refractivity contribution < 1.29 is 14.3 Å². The molecule has 158 valence electrons. The molecule has 4 rings (SSSR count). The molecule has 1 aliphatic rings. The van der Waals surface area contributed by atoms with Crippen molar-refractivity contribution in [3.05, 3.63) is 83.4 Å². The normalized spacial score (nSPS) is 15.8. The average molecular weight is 415 g/mol. The lowest BCUT2D eigenvalue weighted by Crippen LogP contribution is -2.28. The third kappa shape index (κ3) is 4.77. The number of hydrogen-bond acceptors (Lipinski definition) is 3. The number of nitrogens with one attached hydrogen (secondary N) is 1. The van der Waals surface area contributed by atoms with Crippen molar-refractivity contribution >= 4 is 23.2 Å². The molecule has 1 atom stereocenters. The fraction of sp³-hybridized carbons (Fsp3) is 0.231. The van der Waals surface area contributed by atoms with Gasteiger partial charge >= 0.3 is 0 Å². The topological polar surface area (TPSA) is 58.6 Å². The zero-order chi connectivity index (χ0) is 22.0. The Kier molecular flexibility index (Phi) is 5.76. The van der Waals surface area contributed by atoms with E-state index in [2.05, 4.69) is 5.32 Å². The molecule has 5 nitrogen and oxygen atoms in total. The largest absolute Gasteiger partial charge is 0.457 e. The molecule has 0 saturated carbocycles. The van der Waals surface area contributed by atoms with E-state index >= 15 is 0 Å². The van der Waals surface area contributed by atoms with E-state index in [0.717, 1.165) is 17.0 Å². The van der Waals surface area contributed by atoms with Gasteiger partial charge in [-0.15, -0.1) is 0 Å². The Hall–Kier alpha value is -3.60. The van der Waals surface area contributed by atoms with Gasteiger partial charge in [-0.05, 0) is 80.4 Å². The van der Waals surface area contributed by atoms with Gasteiger partial charge in [0, 0.05) is 24.3 Å². The number of aryl methyl sites for hydroxylation is 3. The minimum absolute atomic E-state index is 0.0229. The van der Waals surface area contributed by atoms with E-state index < -0.39 is 0 Å². The zero-order valence-corrected chi connectivity index (χ0v) is 18.0. The molecule has 1 N–H and O–H groups in total. The van der Waals surface area contributed by atoms with Gasteiger partial charge in [-0.1, -0.05) is 23.8 Å². The van der Waals surface area contributed by atoms with Crippen molar-refractivity contribution in [2.24, 2.45) is 5.92 Å². The summed E-state index contributed by atoms with van der Waals surface area (Å²) in [6.07, 6.45) is 0.216. The number of carbonyl (C=O) groups excluding carboxylic acids is 2. The van der Waals surface area contributed by atoms with Gasteiger partial charge in [-0.3, -0.25) is 9.59 Å². The fourth-order valence-electron chi connectivity index (χ4n) is 3.62. The molecule has 1 aliphatic heterocycles. The first-order valence-electron chi connectivity index (χ1n) is 10.4. The molecule has 5 heteroatoms. The summed E-state index contributed by atoms with van der Waals surface area (Å²) in [5.41, 5.74) is 5.01. The quantitative estimate of drug-likeness (QED) is 0.608. The molecule has 1 fully saturated rings. The van der Waals surface area contributed by atoms with Crippen LogP contribution in [0.15, 0.2) is 66.7 Å². The van der Waals surface area contributed by atoms with Gasteiger partial charge in [-0.25, -0.2) is 0 Å². The van der Waals surface area contributed by atoms with E-state index in [1.807, 2.05) is 75.4 Å². The first-order chi connectivity index (χ1) is 14.9. The van der Waals surface area contributed by atoms with E-state index in [0.29, 0.717) is 18.0 Å². The van der Waals surface area contributed by atoms with Gasteiger partial charge in [0.15, 0.2) is 0 Å². The van der Waals surface area contributed by atoms with Crippen LogP contribution in [0.3, 0.4) is 0 Å². The molecular formula is C26H26N2O3. The maximum Gasteiger partial charge on any atom is 0.229 e. The Bertz CT molecular complexity index is 1100. The van der Waals surface area contributed by atoms with Crippen molar-refractivity contribution in [1.82, 2.24) is 0 Å². The maximum absolute atomic E-state index is 12.7. The fourth-order valence-corrected chi connectivity index (χ4v) is 3.62. The Morgan fingerprint density at radius 3 is 2.19 bits per heavy atom. The van der Waals surface area contributed by atoms with E-state index in [-0.39, 0.29) is 24.2 Å². The number of amides is 2. The van der Waals surface area contributed by atoms with Crippen LogP contribution in [0.5, 0.6) is 11.5 Å². The summed E-state index contributed by atoms with van der Waals surface area (Å²) in [4.78, 5) is 27.0. The highest BCUT2D eigenvalue weighted by Gasteiger charge is 2.35. The second kappa shape index (κ2) is 8.64. The highest BCUT2D eigenvalue weighted by Crippen LogP contribution is 2.28. The monoisotopic (exact) mass is 414 g/mol. The van der Waals surface area contributed by atoms with E-state index in [4.69, 9.17) is 4.74 Å². The first-order valence-corrected chi connectivity index (χ1v) is 10.4. The molecule has 0 spiro atoms. The SMILES string of the molecule is Cc1ccc(Oc2ccc(NC(=O)[C@H]3CC(=O)N(c4ccc(C)c(C)c4)C3)cc2)cc1. The molecule has 2 amide bonds. The van der Waals surface area contributed by atoms with E-state index in [9.17, 15) is 9.59 Å². The summed E-state index contributed by atoms with van der Waals surface area (Å²) in [5.74, 6) is 0.909. The van der Waals surface area contributed by atoms with Gasteiger partial charge < -0.3 is 15.0 Å². The van der Waals surface area contributed by atoms with Gasteiger partial charge in [0.25, 0.3) is 0 Å². The summed E-state index contributed by atoms with van der Waals surface area (Å²) >= 11 is 0.